The van der Waals surface area contributed by atoms with Gasteiger partial charge in [-0.25, -0.2) is 14.6 Å². The number of aryl methyl sites for hydroxylation is 2. The minimum atomic E-state index is -0.737. The zero-order valence-electron chi connectivity index (χ0n) is 15.7. The van der Waals surface area contributed by atoms with E-state index in [4.69, 9.17) is 4.74 Å². The van der Waals surface area contributed by atoms with E-state index in [1.165, 1.54) is 0 Å². The van der Waals surface area contributed by atoms with Crippen molar-refractivity contribution in [2.75, 3.05) is 6.61 Å². The molecule has 0 amide bonds. The maximum atomic E-state index is 12.3. The lowest BCUT2D eigenvalue weighted by Gasteiger charge is -2.17. The van der Waals surface area contributed by atoms with Gasteiger partial charge in [-0.3, -0.25) is 9.78 Å². The number of fused-ring (bicyclic) bond motifs is 2. The summed E-state index contributed by atoms with van der Waals surface area (Å²) in [5.74, 6) is -0.268. The van der Waals surface area contributed by atoms with Crippen LogP contribution in [0.3, 0.4) is 0 Å². The van der Waals surface area contributed by atoms with Crippen LogP contribution < -0.4 is 11.2 Å². The molecule has 4 rings (SSSR count). The Labute approximate surface area is 165 Å². The first-order valence-electron chi connectivity index (χ1n) is 9.22. The molecule has 146 valence electrons. The Bertz CT molecular complexity index is 1280. The van der Waals surface area contributed by atoms with Crippen LogP contribution in [-0.2, 0) is 17.7 Å². The summed E-state index contributed by atoms with van der Waals surface area (Å²) >= 11 is 0. The number of aromatic nitrogens is 4. The minimum Gasteiger partial charge on any atom is -0.462 e. The largest absolute Gasteiger partial charge is 0.462 e. The van der Waals surface area contributed by atoms with Crippen molar-refractivity contribution in [1.82, 2.24) is 19.5 Å². The van der Waals surface area contributed by atoms with Crippen LogP contribution in [0.25, 0.3) is 22.6 Å². The molecule has 0 radical (unpaired) electrons. The summed E-state index contributed by atoms with van der Waals surface area (Å²) in [6, 6.07) is 14.7. The van der Waals surface area contributed by atoms with Crippen LogP contribution in [0.1, 0.15) is 22.8 Å². The highest BCUT2D eigenvalue weighted by Gasteiger charge is 2.20. The fraction of sp³-hybridized carbons (Fsp3) is 0.190. The van der Waals surface area contributed by atoms with Gasteiger partial charge in [0.1, 0.15) is 0 Å². The molecule has 0 unspecified atom stereocenters. The molecule has 2 heterocycles. The average Bonchev–Trinajstić information content (AvgIpc) is 2.72. The van der Waals surface area contributed by atoms with E-state index in [1.807, 2.05) is 30.3 Å². The molecule has 29 heavy (non-hydrogen) atoms. The molecule has 2 aliphatic heterocycles. The Morgan fingerprint density at radius 3 is 2.66 bits per heavy atom. The highest BCUT2D eigenvalue weighted by Crippen LogP contribution is 2.23. The predicted octanol–water partition coefficient (Wildman–Crippen LogP) is 2.00. The van der Waals surface area contributed by atoms with Crippen LogP contribution in [0.4, 0.5) is 0 Å². The van der Waals surface area contributed by atoms with Crippen molar-refractivity contribution in [2.24, 2.45) is 0 Å². The number of aromatic amines is 1. The topological polar surface area (TPSA) is 107 Å². The van der Waals surface area contributed by atoms with Crippen molar-refractivity contribution >= 4 is 17.0 Å². The summed E-state index contributed by atoms with van der Waals surface area (Å²) in [5, 5.41) is 0. The summed E-state index contributed by atoms with van der Waals surface area (Å²) in [7, 11) is 0. The highest BCUT2D eigenvalue weighted by molar-refractivity contribution is 5.94. The normalized spacial score (nSPS) is 11.1. The number of benzene rings is 2. The molecule has 0 saturated heterocycles. The Morgan fingerprint density at radius 2 is 1.90 bits per heavy atom. The zero-order chi connectivity index (χ0) is 20.4. The van der Waals surface area contributed by atoms with Gasteiger partial charge in [0.05, 0.1) is 23.2 Å². The van der Waals surface area contributed by atoms with E-state index in [9.17, 15) is 14.4 Å². The molecule has 8 heteroatoms. The molecule has 0 fully saturated rings. The van der Waals surface area contributed by atoms with Gasteiger partial charge in [-0.1, -0.05) is 30.3 Å². The molecule has 8 nitrogen and oxygen atoms in total. The number of rotatable bonds is 5. The maximum absolute atomic E-state index is 12.3. The summed E-state index contributed by atoms with van der Waals surface area (Å²) in [4.78, 5) is 46.8. The molecule has 2 aromatic rings. The number of ether oxygens (including phenoxy) is 1. The standard InChI is InChI=1S/C21H18N4O4/c1-2-29-20(27)14-8-9-15-16(12-14)25(11-10-13-6-4-3-5-7-13)18-17(22-15)19(26)24-21(28)23-18/h3-9,12H,2,10-11H2,1H3,(H,24,26,28). The Balaban J connectivity index is 1.92. The number of hydrogen-bond donors (Lipinski definition) is 1. The van der Waals surface area contributed by atoms with Gasteiger partial charge in [0.2, 0.25) is 0 Å². The van der Waals surface area contributed by atoms with Gasteiger partial charge in [-0.15, -0.1) is 0 Å². The summed E-state index contributed by atoms with van der Waals surface area (Å²) in [5.41, 5.74) is 1.31. The second-order valence-electron chi connectivity index (χ2n) is 6.47. The van der Waals surface area contributed by atoms with Crippen molar-refractivity contribution in [1.29, 1.82) is 0 Å². The van der Waals surface area contributed by atoms with Crippen molar-refractivity contribution in [3.05, 3.63) is 80.5 Å². The van der Waals surface area contributed by atoms with E-state index in [0.29, 0.717) is 29.6 Å². The smallest absolute Gasteiger partial charge is 0.349 e. The first kappa shape index (κ1) is 18.5. The predicted molar refractivity (Wildman–Crippen MR) is 107 cm³/mol. The highest BCUT2D eigenvalue weighted by atomic mass is 16.5. The van der Waals surface area contributed by atoms with Crippen LogP contribution in [0.15, 0.2) is 58.1 Å². The lowest BCUT2D eigenvalue weighted by molar-refractivity contribution is 0.0526. The molecule has 0 bridgehead atoms. The van der Waals surface area contributed by atoms with Crippen LogP contribution in [0.2, 0.25) is 0 Å². The van der Waals surface area contributed by atoms with E-state index in [2.05, 4.69) is 15.0 Å². The first-order chi connectivity index (χ1) is 14.1. The number of nitrogens with zero attached hydrogens (tertiary/aromatic N) is 3. The van der Waals surface area contributed by atoms with Gasteiger partial charge in [-0.05, 0) is 37.1 Å². The number of H-pyrrole nitrogens is 1. The molecule has 0 saturated carbocycles. The third-order valence-electron chi connectivity index (χ3n) is 4.59. The van der Waals surface area contributed by atoms with Gasteiger partial charge < -0.3 is 9.30 Å². The number of esters is 1. The SMILES string of the molecule is CCOC(=O)c1ccc2nc3c(=O)[nH]c(=O)nc-3n(CCc3ccccc3)c2c1. The zero-order valence-corrected chi connectivity index (χ0v) is 15.7. The van der Waals surface area contributed by atoms with Crippen molar-refractivity contribution in [3.63, 3.8) is 0 Å². The van der Waals surface area contributed by atoms with Crippen LogP contribution in [0.5, 0.6) is 0 Å². The van der Waals surface area contributed by atoms with Crippen molar-refractivity contribution in [2.45, 2.75) is 19.9 Å². The van der Waals surface area contributed by atoms with E-state index >= 15 is 0 Å². The second-order valence-corrected chi connectivity index (χ2v) is 6.47. The molecule has 1 N–H and O–H groups in total. The van der Waals surface area contributed by atoms with Gasteiger partial charge in [-0.2, -0.15) is 4.98 Å². The van der Waals surface area contributed by atoms with E-state index < -0.39 is 17.2 Å². The summed E-state index contributed by atoms with van der Waals surface area (Å²) < 4.78 is 6.84. The van der Waals surface area contributed by atoms with Crippen molar-refractivity contribution in [3.8, 4) is 11.5 Å². The maximum Gasteiger partial charge on any atom is 0.349 e. The number of carbonyl (C=O) groups is 1. The molecule has 0 atom stereocenters. The molecule has 0 aromatic heterocycles. The Kier molecular flexibility index (Phi) is 4.90. The third-order valence-corrected chi connectivity index (χ3v) is 4.59. The Hall–Kier alpha value is -3.81. The third kappa shape index (κ3) is 3.64. The molecule has 0 spiro atoms. The van der Waals surface area contributed by atoms with Gasteiger partial charge in [0, 0.05) is 6.54 Å². The van der Waals surface area contributed by atoms with E-state index in [1.54, 1.807) is 29.7 Å². The minimum absolute atomic E-state index is 0.0778. The molecule has 2 aromatic carbocycles. The number of carbonyl (C=O) groups excluding carboxylic acids is 1. The quantitative estimate of drug-likeness (QED) is 0.413. The van der Waals surface area contributed by atoms with Crippen LogP contribution in [0, 0.1) is 0 Å². The summed E-state index contributed by atoms with van der Waals surface area (Å²) in [6.45, 7) is 2.44. The van der Waals surface area contributed by atoms with E-state index in [-0.39, 0.29) is 18.1 Å². The second kappa shape index (κ2) is 7.67. The fourth-order valence-corrected chi connectivity index (χ4v) is 3.25. The van der Waals surface area contributed by atoms with Crippen LogP contribution in [-0.4, -0.2) is 32.1 Å². The number of hydrogen-bond acceptors (Lipinski definition) is 6. The van der Waals surface area contributed by atoms with Gasteiger partial charge in [0.15, 0.2) is 11.5 Å². The molecule has 2 aliphatic rings. The lowest BCUT2D eigenvalue weighted by Crippen LogP contribution is -2.29. The number of nitrogens with one attached hydrogen (secondary N) is 1. The Morgan fingerprint density at radius 1 is 1.10 bits per heavy atom. The van der Waals surface area contributed by atoms with Crippen molar-refractivity contribution < 1.29 is 9.53 Å². The summed E-state index contributed by atoms with van der Waals surface area (Å²) in [6.07, 6.45) is 0.645. The lowest BCUT2D eigenvalue weighted by atomic mass is 10.1. The molecular weight excluding hydrogens is 372 g/mol. The molecule has 0 aliphatic carbocycles. The van der Waals surface area contributed by atoms with Gasteiger partial charge >= 0.3 is 11.7 Å². The van der Waals surface area contributed by atoms with Gasteiger partial charge in [0.25, 0.3) is 5.56 Å². The van der Waals surface area contributed by atoms with E-state index in [0.717, 1.165) is 5.56 Å². The average molecular weight is 390 g/mol. The fourth-order valence-electron chi connectivity index (χ4n) is 3.25. The first-order valence-corrected chi connectivity index (χ1v) is 9.22. The van der Waals surface area contributed by atoms with Crippen LogP contribution >= 0.6 is 0 Å². The molecular formula is C21H18N4O4. The monoisotopic (exact) mass is 390 g/mol.